The zero-order chi connectivity index (χ0) is 26.3. The summed E-state index contributed by atoms with van der Waals surface area (Å²) in [5.41, 5.74) is 13.2. The Morgan fingerprint density at radius 1 is 1.16 bits per heavy atom. The maximum atomic E-state index is 10.0. The van der Waals surface area contributed by atoms with Crippen LogP contribution in [0, 0.1) is 32.1 Å². The number of benzene rings is 2. The fourth-order valence-corrected chi connectivity index (χ4v) is 5.13. The van der Waals surface area contributed by atoms with Crippen LogP contribution in [0.15, 0.2) is 42.5 Å². The quantitative estimate of drug-likeness (QED) is 0.402. The van der Waals surface area contributed by atoms with E-state index in [4.69, 9.17) is 20.2 Å². The number of aryl methyl sites for hydroxylation is 2. The smallest absolute Gasteiger partial charge is 0.147 e. The van der Waals surface area contributed by atoms with Gasteiger partial charge in [0.25, 0.3) is 0 Å². The Morgan fingerprint density at radius 3 is 2.57 bits per heavy atom. The number of aliphatic hydroxyl groups excluding tert-OH is 1. The van der Waals surface area contributed by atoms with Gasteiger partial charge in [0.15, 0.2) is 0 Å². The number of anilines is 2. The summed E-state index contributed by atoms with van der Waals surface area (Å²) in [6, 6.07) is 16.0. The number of ether oxygens (including phenoxy) is 2. The largest absolute Gasteiger partial charge is 0.497 e. The molecule has 1 fully saturated rings. The van der Waals surface area contributed by atoms with Gasteiger partial charge in [0, 0.05) is 24.0 Å². The number of rotatable bonds is 6. The first-order valence-electron chi connectivity index (χ1n) is 12.3. The minimum absolute atomic E-state index is 0.349. The van der Waals surface area contributed by atoms with Crippen LogP contribution in [0.5, 0.6) is 11.5 Å². The van der Waals surface area contributed by atoms with Crippen molar-refractivity contribution >= 4 is 22.5 Å². The fraction of sp³-hybridized carbons (Fsp3) is 0.310. The van der Waals surface area contributed by atoms with Gasteiger partial charge in [-0.1, -0.05) is 18.2 Å². The lowest BCUT2D eigenvalue weighted by atomic mass is 10.1. The summed E-state index contributed by atoms with van der Waals surface area (Å²) >= 11 is 0. The van der Waals surface area contributed by atoms with Crippen molar-refractivity contribution in [2.75, 3.05) is 30.8 Å². The number of hydrogen-bond donors (Lipinski definition) is 2. The first-order chi connectivity index (χ1) is 17.8. The van der Waals surface area contributed by atoms with Crippen molar-refractivity contribution in [1.29, 1.82) is 5.26 Å². The lowest BCUT2D eigenvalue weighted by Crippen LogP contribution is -2.22. The summed E-state index contributed by atoms with van der Waals surface area (Å²) in [5, 5.41) is 20.8. The number of nitriles is 1. The fourth-order valence-electron chi connectivity index (χ4n) is 5.13. The monoisotopic (exact) mass is 497 g/mol. The van der Waals surface area contributed by atoms with Crippen LogP contribution in [0.4, 0.5) is 11.5 Å². The van der Waals surface area contributed by atoms with Gasteiger partial charge in [-0.25, -0.2) is 4.98 Å². The van der Waals surface area contributed by atoms with Gasteiger partial charge in [-0.2, -0.15) is 5.26 Å². The molecule has 37 heavy (non-hydrogen) atoms. The van der Waals surface area contributed by atoms with Gasteiger partial charge in [-0.05, 0) is 62.6 Å². The van der Waals surface area contributed by atoms with E-state index in [1.807, 2.05) is 67.8 Å². The third-order valence-electron chi connectivity index (χ3n) is 7.12. The number of β-amino-alcohol motifs (C(OH)–C–C–N with tert-alkyl or cyclic N) is 1. The molecule has 8 nitrogen and oxygen atoms in total. The highest BCUT2D eigenvalue weighted by molar-refractivity contribution is 5.94. The summed E-state index contributed by atoms with van der Waals surface area (Å²) in [5.74, 6) is 1.88. The molecule has 1 aliphatic heterocycles. The van der Waals surface area contributed by atoms with Gasteiger partial charge < -0.3 is 25.2 Å². The second-order valence-electron chi connectivity index (χ2n) is 9.55. The van der Waals surface area contributed by atoms with Crippen LogP contribution in [-0.4, -0.2) is 41.0 Å². The van der Waals surface area contributed by atoms with Gasteiger partial charge in [-0.3, -0.25) is 4.57 Å². The van der Waals surface area contributed by atoms with Crippen molar-refractivity contribution in [2.45, 2.75) is 39.9 Å². The molecule has 0 spiro atoms. The second-order valence-corrected chi connectivity index (χ2v) is 9.55. The van der Waals surface area contributed by atoms with Gasteiger partial charge in [-0.15, -0.1) is 0 Å². The molecule has 3 heterocycles. The number of aromatic nitrogens is 2. The van der Waals surface area contributed by atoms with Gasteiger partial charge in [0.2, 0.25) is 0 Å². The Morgan fingerprint density at radius 2 is 1.92 bits per heavy atom. The topological polar surface area (TPSA) is 110 Å². The summed E-state index contributed by atoms with van der Waals surface area (Å²) < 4.78 is 13.3. The van der Waals surface area contributed by atoms with Gasteiger partial charge in [0.1, 0.15) is 41.2 Å². The normalized spacial score (nSPS) is 15.2. The third kappa shape index (κ3) is 4.32. The van der Waals surface area contributed by atoms with Crippen LogP contribution in [0.2, 0.25) is 0 Å². The Labute approximate surface area is 216 Å². The number of hydrogen-bond acceptors (Lipinski definition) is 7. The second kappa shape index (κ2) is 9.68. The molecule has 8 heteroatoms. The number of nitrogens with zero attached hydrogens (tertiary/aromatic N) is 4. The highest BCUT2D eigenvalue weighted by atomic mass is 16.5. The highest BCUT2D eigenvalue weighted by Gasteiger charge is 2.26. The molecule has 0 unspecified atom stereocenters. The zero-order valence-corrected chi connectivity index (χ0v) is 21.6. The van der Waals surface area contributed by atoms with Crippen molar-refractivity contribution < 1.29 is 14.6 Å². The molecule has 4 aromatic rings. The standard InChI is InChI=1S/C29H31N5O3/c1-17-5-10-26(37-16-20-6-8-22(36-4)9-7-20)18(2)27(17)34-28(31)24(14-30)23-13-25(19(3)32-29(23)34)33-12-11-21(35)15-33/h5-10,13,21,35H,11-12,15-16,31H2,1-4H3/t21-/m1/s1. The van der Waals surface area contributed by atoms with Crippen molar-refractivity contribution in [3.05, 3.63) is 70.4 Å². The predicted molar refractivity (Wildman–Crippen MR) is 145 cm³/mol. The van der Waals surface area contributed by atoms with Crippen LogP contribution in [0.25, 0.3) is 16.7 Å². The van der Waals surface area contributed by atoms with Crippen LogP contribution in [0.1, 0.15) is 34.4 Å². The Kier molecular flexibility index (Phi) is 6.40. The summed E-state index contributed by atoms with van der Waals surface area (Å²) in [6.07, 6.45) is 0.360. The van der Waals surface area contributed by atoms with E-state index in [1.165, 1.54) is 0 Å². The van der Waals surface area contributed by atoms with Crippen LogP contribution in [-0.2, 0) is 6.61 Å². The van der Waals surface area contributed by atoms with E-state index in [0.29, 0.717) is 42.0 Å². The molecule has 1 saturated heterocycles. The number of pyridine rings is 1. The molecule has 0 amide bonds. The average Bonchev–Trinajstić information content (AvgIpc) is 3.43. The molecule has 0 radical (unpaired) electrons. The van der Waals surface area contributed by atoms with Crippen molar-refractivity contribution in [3.8, 4) is 23.3 Å². The van der Waals surface area contributed by atoms with Crippen molar-refractivity contribution in [1.82, 2.24) is 9.55 Å². The number of nitrogens with two attached hydrogens (primary N) is 1. The van der Waals surface area contributed by atoms with E-state index in [0.717, 1.165) is 51.8 Å². The Balaban J connectivity index is 1.58. The molecule has 0 bridgehead atoms. The zero-order valence-electron chi connectivity index (χ0n) is 21.6. The van der Waals surface area contributed by atoms with Crippen molar-refractivity contribution in [2.24, 2.45) is 0 Å². The maximum Gasteiger partial charge on any atom is 0.147 e. The molecule has 2 aromatic carbocycles. The van der Waals surface area contributed by atoms with E-state index in [1.54, 1.807) is 7.11 Å². The van der Waals surface area contributed by atoms with E-state index >= 15 is 0 Å². The lowest BCUT2D eigenvalue weighted by molar-refractivity contribution is 0.198. The third-order valence-corrected chi connectivity index (χ3v) is 7.12. The van der Waals surface area contributed by atoms with E-state index < -0.39 is 0 Å². The number of aliphatic hydroxyl groups is 1. The summed E-state index contributed by atoms with van der Waals surface area (Å²) in [4.78, 5) is 7.04. The van der Waals surface area contributed by atoms with E-state index in [9.17, 15) is 10.4 Å². The van der Waals surface area contributed by atoms with Gasteiger partial charge >= 0.3 is 0 Å². The molecule has 0 aliphatic carbocycles. The lowest BCUT2D eigenvalue weighted by Gasteiger charge is -2.21. The van der Waals surface area contributed by atoms with Crippen LogP contribution >= 0.6 is 0 Å². The molecule has 1 atom stereocenters. The van der Waals surface area contributed by atoms with Gasteiger partial charge in [0.05, 0.1) is 30.3 Å². The molecule has 0 saturated carbocycles. The summed E-state index contributed by atoms with van der Waals surface area (Å²) in [6.45, 7) is 7.67. The van der Waals surface area contributed by atoms with E-state index in [2.05, 4.69) is 11.0 Å². The minimum Gasteiger partial charge on any atom is -0.497 e. The van der Waals surface area contributed by atoms with Crippen LogP contribution in [0.3, 0.4) is 0 Å². The molecule has 2 aromatic heterocycles. The molecule has 3 N–H and O–H groups in total. The molecular formula is C29H31N5O3. The maximum absolute atomic E-state index is 10.0. The van der Waals surface area contributed by atoms with Crippen molar-refractivity contribution in [3.63, 3.8) is 0 Å². The Bertz CT molecular complexity index is 1520. The number of methoxy groups -OCH3 is 1. The Hall–Kier alpha value is -4.22. The first kappa shape index (κ1) is 24.5. The van der Waals surface area contributed by atoms with Crippen LogP contribution < -0.4 is 20.1 Å². The average molecular weight is 498 g/mol. The molecular weight excluding hydrogens is 466 g/mol. The number of fused-ring (bicyclic) bond motifs is 1. The molecule has 5 rings (SSSR count). The predicted octanol–water partition coefficient (Wildman–Crippen LogP) is 4.56. The minimum atomic E-state index is -0.355. The highest BCUT2D eigenvalue weighted by Crippen LogP contribution is 2.38. The first-order valence-corrected chi connectivity index (χ1v) is 12.3. The summed E-state index contributed by atoms with van der Waals surface area (Å²) in [7, 11) is 1.64. The number of nitrogen functional groups attached to an aromatic ring is 1. The van der Waals surface area contributed by atoms with E-state index in [-0.39, 0.29) is 6.10 Å². The molecule has 190 valence electrons. The SMILES string of the molecule is COc1ccc(COc2ccc(C)c(-n3c(N)c(C#N)c4cc(N5CC[C@@H](O)C5)c(C)nc43)c2C)cc1. The molecule has 1 aliphatic rings.